The van der Waals surface area contributed by atoms with Gasteiger partial charge in [0.2, 0.25) is 0 Å². The number of ether oxygens (including phenoxy) is 1. The van der Waals surface area contributed by atoms with Crippen molar-refractivity contribution < 1.29 is 13.2 Å². The van der Waals surface area contributed by atoms with Gasteiger partial charge in [-0.2, -0.15) is 0 Å². The van der Waals surface area contributed by atoms with E-state index < -0.39 is 9.84 Å². The molecule has 1 heterocycles. The summed E-state index contributed by atoms with van der Waals surface area (Å²) in [7, 11) is -1.27. The van der Waals surface area contributed by atoms with E-state index >= 15 is 0 Å². The summed E-state index contributed by atoms with van der Waals surface area (Å²) < 4.78 is 29.3. The Bertz CT molecular complexity index is 1050. The standard InChI is InChI=1S/C18H20BN3O3S/c1-3-20-18-14-8-15(19)17(9-16(14)21-11-22-18)25-10-12-5-4-6-13(7-12)26(2,23)24/h4-9,11H,3,10,19H2,1-2H3,(H,20,21,22). The molecular formula is C18H20BN3O3S. The molecule has 0 atom stereocenters. The first-order valence-electron chi connectivity index (χ1n) is 8.29. The molecule has 0 aliphatic rings. The molecule has 6 nitrogen and oxygen atoms in total. The fourth-order valence-electron chi connectivity index (χ4n) is 2.68. The van der Waals surface area contributed by atoms with E-state index in [0.29, 0.717) is 5.75 Å². The van der Waals surface area contributed by atoms with Crippen molar-refractivity contribution >= 4 is 39.9 Å². The number of hydrogen-bond donors (Lipinski definition) is 1. The monoisotopic (exact) mass is 369 g/mol. The molecule has 1 aromatic heterocycles. The molecule has 26 heavy (non-hydrogen) atoms. The zero-order valence-electron chi connectivity index (χ0n) is 15.0. The van der Waals surface area contributed by atoms with Crippen LogP contribution in [-0.2, 0) is 16.4 Å². The van der Waals surface area contributed by atoms with Crippen molar-refractivity contribution in [3.63, 3.8) is 0 Å². The van der Waals surface area contributed by atoms with E-state index in [9.17, 15) is 8.42 Å². The van der Waals surface area contributed by atoms with Crippen molar-refractivity contribution in [2.45, 2.75) is 18.4 Å². The summed E-state index contributed by atoms with van der Waals surface area (Å²) in [4.78, 5) is 8.88. The molecular weight excluding hydrogens is 349 g/mol. The Hall–Kier alpha value is -2.61. The van der Waals surface area contributed by atoms with Crippen molar-refractivity contribution in [1.82, 2.24) is 9.97 Å². The van der Waals surface area contributed by atoms with Crippen LogP contribution >= 0.6 is 0 Å². The lowest BCUT2D eigenvalue weighted by atomic mass is 9.93. The van der Waals surface area contributed by atoms with Crippen molar-refractivity contribution in [1.29, 1.82) is 0 Å². The van der Waals surface area contributed by atoms with Gasteiger partial charge < -0.3 is 10.1 Å². The van der Waals surface area contributed by atoms with Crippen LogP contribution in [0.15, 0.2) is 47.6 Å². The van der Waals surface area contributed by atoms with E-state index in [1.54, 1.807) is 18.2 Å². The number of aromatic nitrogens is 2. The van der Waals surface area contributed by atoms with Crippen molar-refractivity contribution in [2.75, 3.05) is 18.1 Å². The predicted octanol–water partition coefficient (Wildman–Crippen LogP) is 1.30. The van der Waals surface area contributed by atoms with Crippen LogP contribution in [0.3, 0.4) is 0 Å². The maximum Gasteiger partial charge on any atom is 0.175 e. The first kappa shape index (κ1) is 18.2. The van der Waals surface area contributed by atoms with Crippen LogP contribution in [-0.4, -0.2) is 39.0 Å². The summed E-state index contributed by atoms with van der Waals surface area (Å²) in [5.41, 5.74) is 2.55. The number of benzene rings is 2. The predicted molar refractivity (Wildman–Crippen MR) is 106 cm³/mol. The fourth-order valence-corrected chi connectivity index (χ4v) is 3.37. The zero-order chi connectivity index (χ0) is 18.7. The Kier molecular flexibility index (Phi) is 5.13. The van der Waals surface area contributed by atoms with Crippen LogP contribution in [0, 0.1) is 0 Å². The van der Waals surface area contributed by atoms with Gasteiger partial charge in [-0.1, -0.05) is 18.2 Å². The average Bonchev–Trinajstić information content (AvgIpc) is 2.60. The summed E-state index contributed by atoms with van der Waals surface area (Å²) in [5, 5.41) is 4.17. The maximum absolute atomic E-state index is 11.7. The van der Waals surface area contributed by atoms with Crippen LogP contribution in [0.2, 0.25) is 0 Å². The fraction of sp³-hybridized carbons (Fsp3) is 0.222. The lowest BCUT2D eigenvalue weighted by Gasteiger charge is -2.13. The Labute approximate surface area is 154 Å². The quantitative estimate of drug-likeness (QED) is 0.660. The normalized spacial score (nSPS) is 11.5. The molecule has 0 saturated heterocycles. The molecule has 0 amide bonds. The number of rotatable bonds is 6. The molecule has 0 radical (unpaired) electrons. The van der Waals surface area contributed by atoms with Gasteiger partial charge >= 0.3 is 0 Å². The minimum atomic E-state index is -3.23. The third-order valence-corrected chi connectivity index (χ3v) is 5.11. The van der Waals surface area contributed by atoms with Gasteiger partial charge in [-0.05, 0) is 30.1 Å². The maximum atomic E-state index is 11.7. The zero-order valence-corrected chi connectivity index (χ0v) is 15.8. The SMILES string of the molecule is Bc1cc2c(NCC)ncnc2cc1OCc1cccc(S(C)(=O)=O)c1. The molecule has 0 fully saturated rings. The Balaban J connectivity index is 1.87. The summed E-state index contributed by atoms with van der Waals surface area (Å²) in [6.45, 7) is 3.07. The minimum Gasteiger partial charge on any atom is -0.489 e. The summed E-state index contributed by atoms with van der Waals surface area (Å²) in [6, 6.07) is 10.7. The number of fused-ring (bicyclic) bond motifs is 1. The molecule has 3 rings (SSSR count). The first-order valence-corrected chi connectivity index (χ1v) is 10.2. The number of hydrogen-bond acceptors (Lipinski definition) is 6. The Morgan fingerprint density at radius 3 is 2.73 bits per heavy atom. The first-order chi connectivity index (χ1) is 12.4. The smallest absolute Gasteiger partial charge is 0.175 e. The second-order valence-electron chi connectivity index (χ2n) is 6.10. The molecule has 1 N–H and O–H groups in total. The topological polar surface area (TPSA) is 81.2 Å². The van der Waals surface area contributed by atoms with E-state index in [4.69, 9.17) is 4.74 Å². The second-order valence-corrected chi connectivity index (χ2v) is 8.11. The highest BCUT2D eigenvalue weighted by atomic mass is 32.2. The van der Waals surface area contributed by atoms with Gasteiger partial charge in [-0.3, -0.25) is 0 Å². The number of nitrogens with one attached hydrogen (secondary N) is 1. The summed E-state index contributed by atoms with van der Waals surface area (Å²) in [5.74, 6) is 1.51. The lowest BCUT2D eigenvalue weighted by Crippen LogP contribution is -2.11. The Morgan fingerprint density at radius 2 is 2.00 bits per heavy atom. The van der Waals surface area contributed by atoms with Crippen LogP contribution in [0.5, 0.6) is 5.75 Å². The molecule has 0 saturated carbocycles. The number of nitrogens with zero attached hydrogens (tertiary/aromatic N) is 2. The molecule has 0 unspecified atom stereocenters. The largest absolute Gasteiger partial charge is 0.489 e. The van der Waals surface area contributed by atoms with E-state index in [2.05, 4.69) is 15.3 Å². The van der Waals surface area contributed by atoms with Gasteiger partial charge in [-0.25, -0.2) is 18.4 Å². The highest BCUT2D eigenvalue weighted by Gasteiger charge is 2.10. The number of anilines is 1. The minimum absolute atomic E-state index is 0.279. The van der Waals surface area contributed by atoms with Crippen LogP contribution in [0.25, 0.3) is 10.9 Å². The van der Waals surface area contributed by atoms with Gasteiger partial charge in [0.15, 0.2) is 9.84 Å². The highest BCUT2D eigenvalue weighted by Crippen LogP contribution is 2.23. The van der Waals surface area contributed by atoms with Gasteiger partial charge in [-0.15, -0.1) is 0 Å². The molecule has 2 aromatic carbocycles. The Morgan fingerprint density at radius 1 is 1.19 bits per heavy atom. The van der Waals surface area contributed by atoms with Gasteiger partial charge in [0.05, 0.1) is 10.4 Å². The molecule has 0 aliphatic carbocycles. The van der Waals surface area contributed by atoms with E-state index in [-0.39, 0.29) is 11.5 Å². The molecule has 8 heteroatoms. The molecule has 0 aliphatic heterocycles. The van der Waals surface area contributed by atoms with Gasteiger partial charge in [0.1, 0.15) is 32.3 Å². The molecule has 0 bridgehead atoms. The van der Waals surface area contributed by atoms with Crippen LogP contribution in [0.1, 0.15) is 12.5 Å². The van der Waals surface area contributed by atoms with Crippen molar-refractivity contribution in [2.24, 2.45) is 0 Å². The van der Waals surface area contributed by atoms with E-state index in [1.807, 2.05) is 33.0 Å². The van der Waals surface area contributed by atoms with Crippen molar-refractivity contribution in [3.8, 4) is 5.75 Å². The lowest BCUT2D eigenvalue weighted by molar-refractivity contribution is 0.309. The van der Waals surface area contributed by atoms with E-state index in [0.717, 1.165) is 34.3 Å². The third-order valence-electron chi connectivity index (χ3n) is 4.00. The van der Waals surface area contributed by atoms with Crippen molar-refractivity contribution in [3.05, 3.63) is 48.3 Å². The van der Waals surface area contributed by atoms with E-state index in [1.165, 1.54) is 12.6 Å². The summed E-state index contributed by atoms with van der Waals surface area (Å²) >= 11 is 0. The highest BCUT2D eigenvalue weighted by molar-refractivity contribution is 7.90. The second kappa shape index (κ2) is 7.33. The molecule has 134 valence electrons. The van der Waals surface area contributed by atoms with Crippen LogP contribution in [0.4, 0.5) is 5.82 Å². The molecule has 3 aromatic rings. The molecule has 0 spiro atoms. The third kappa shape index (κ3) is 3.96. The van der Waals surface area contributed by atoms with Crippen LogP contribution < -0.4 is 15.5 Å². The van der Waals surface area contributed by atoms with Gasteiger partial charge in [0, 0.05) is 24.3 Å². The average molecular weight is 369 g/mol. The van der Waals surface area contributed by atoms with Gasteiger partial charge in [0.25, 0.3) is 0 Å². The number of sulfone groups is 1. The summed E-state index contributed by atoms with van der Waals surface area (Å²) in [6.07, 6.45) is 2.72.